The summed E-state index contributed by atoms with van der Waals surface area (Å²) in [4.78, 5) is 7.73. The number of aromatic nitrogens is 2. The van der Waals surface area contributed by atoms with Gasteiger partial charge in [-0.15, -0.1) is 0 Å². The van der Waals surface area contributed by atoms with E-state index in [0.717, 1.165) is 0 Å². The first-order chi connectivity index (χ1) is 8.49. The highest BCUT2D eigenvalue weighted by Crippen LogP contribution is 2.22. The van der Waals surface area contributed by atoms with Gasteiger partial charge in [0.25, 0.3) is 10.0 Å². The number of aryl methyl sites for hydroxylation is 1. The van der Waals surface area contributed by atoms with Crippen molar-refractivity contribution < 1.29 is 8.42 Å². The van der Waals surface area contributed by atoms with E-state index in [9.17, 15) is 8.42 Å². The number of halogens is 1. The average Bonchev–Trinajstić information content (AvgIpc) is 2.33. The van der Waals surface area contributed by atoms with Crippen LogP contribution in [0.2, 0.25) is 0 Å². The Morgan fingerprint density at radius 1 is 1.22 bits per heavy atom. The predicted molar refractivity (Wildman–Crippen MR) is 71.7 cm³/mol. The van der Waals surface area contributed by atoms with Gasteiger partial charge >= 0.3 is 0 Å². The third-order valence-corrected chi connectivity index (χ3v) is 4.27. The number of benzene rings is 1. The van der Waals surface area contributed by atoms with E-state index in [0.29, 0.717) is 15.7 Å². The molecule has 1 aromatic heterocycles. The maximum atomic E-state index is 12.2. The fraction of sp³-hybridized carbons (Fsp3) is 0.0909. The van der Waals surface area contributed by atoms with Crippen LogP contribution in [0.25, 0.3) is 0 Å². The highest BCUT2D eigenvalue weighted by Gasteiger charge is 2.17. The van der Waals surface area contributed by atoms with Crippen molar-refractivity contribution in [1.29, 1.82) is 0 Å². The van der Waals surface area contributed by atoms with E-state index in [1.54, 1.807) is 25.1 Å². The molecule has 0 fully saturated rings. The first-order valence-electron chi connectivity index (χ1n) is 5.03. The summed E-state index contributed by atoms with van der Waals surface area (Å²) in [6.45, 7) is 1.74. The molecule has 2 rings (SSSR count). The first-order valence-corrected chi connectivity index (χ1v) is 7.30. The van der Waals surface area contributed by atoms with Crippen LogP contribution in [-0.4, -0.2) is 18.4 Å². The number of anilines is 1. The van der Waals surface area contributed by atoms with Gasteiger partial charge in [-0.25, -0.2) is 18.4 Å². The SMILES string of the molecule is Cc1ccc(Br)cc1S(=O)(=O)Nc1cncnc1. The van der Waals surface area contributed by atoms with Gasteiger partial charge in [-0.2, -0.15) is 0 Å². The monoisotopic (exact) mass is 327 g/mol. The van der Waals surface area contributed by atoms with Crippen molar-refractivity contribution >= 4 is 31.6 Å². The van der Waals surface area contributed by atoms with Crippen LogP contribution in [0.3, 0.4) is 0 Å². The molecule has 0 radical (unpaired) electrons. The van der Waals surface area contributed by atoms with Crippen molar-refractivity contribution in [3.05, 3.63) is 47.0 Å². The van der Waals surface area contributed by atoms with E-state index in [-0.39, 0.29) is 4.90 Å². The fourth-order valence-electron chi connectivity index (χ4n) is 1.43. The Balaban J connectivity index is 2.40. The van der Waals surface area contributed by atoms with Crippen molar-refractivity contribution in [3.63, 3.8) is 0 Å². The number of hydrogen-bond acceptors (Lipinski definition) is 4. The molecule has 7 heteroatoms. The molecule has 5 nitrogen and oxygen atoms in total. The van der Waals surface area contributed by atoms with Crippen molar-refractivity contribution in [2.45, 2.75) is 11.8 Å². The Bertz CT molecular complexity index is 659. The van der Waals surface area contributed by atoms with Gasteiger partial charge in [0.05, 0.1) is 23.0 Å². The van der Waals surface area contributed by atoms with Crippen molar-refractivity contribution in [3.8, 4) is 0 Å². The second kappa shape index (κ2) is 5.03. The number of rotatable bonds is 3. The molecule has 0 spiro atoms. The van der Waals surface area contributed by atoms with E-state index in [1.165, 1.54) is 18.7 Å². The maximum absolute atomic E-state index is 12.2. The Hall–Kier alpha value is -1.47. The van der Waals surface area contributed by atoms with Gasteiger partial charge in [0, 0.05) is 4.47 Å². The van der Waals surface area contributed by atoms with Crippen LogP contribution in [0, 0.1) is 6.92 Å². The zero-order valence-corrected chi connectivity index (χ0v) is 11.9. The van der Waals surface area contributed by atoms with E-state index >= 15 is 0 Å². The third-order valence-electron chi connectivity index (χ3n) is 2.25. The van der Waals surface area contributed by atoms with Gasteiger partial charge in [-0.1, -0.05) is 22.0 Å². The quantitative estimate of drug-likeness (QED) is 0.939. The molecule has 0 aliphatic carbocycles. The molecule has 18 heavy (non-hydrogen) atoms. The Morgan fingerprint density at radius 2 is 1.89 bits per heavy atom. The van der Waals surface area contributed by atoms with Gasteiger partial charge in [0.1, 0.15) is 6.33 Å². The summed E-state index contributed by atoms with van der Waals surface area (Å²) < 4.78 is 27.5. The molecule has 0 saturated heterocycles. The molecule has 94 valence electrons. The Morgan fingerprint density at radius 3 is 2.56 bits per heavy atom. The third kappa shape index (κ3) is 2.85. The zero-order valence-electron chi connectivity index (χ0n) is 9.46. The number of hydrogen-bond donors (Lipinski definition) is 1. The second-order valence-electron chi connectivity index (χ2n) is 3.64. The summed E-state index contributed by atoms with van der Waals surface area (Å²) in [7, 11) is -3.63. The van der Waals surface area contributed by atoms with Crippen LogP contribution in [-0.2, 0) is 10.0 Å². The van der Waals surface area contributed by atoms with Crippen LogP contribution in [0.5, 0.6) is 0 Å². The van der Waals surface area contributed by atoms with E-state index in [2.05, 4.69) is 30.6 Å². The Kier molecular flexibility index (Phi) is 3.63. The minimum Gasteiger partial charge on any atom is -0.276 e. The van der Waals surface area contributed by atoms with Gasteiger partial charge in [0.15, 0.2) is 0 Å². The van der Waals surface area contributed by atoms with Gasteiger partial charge in [0.2, 0.25) is 0 Å². The normalized spacial score (nSPS) is 11.2. The van der Waals surface area contributed by atoms with Gasteiger partial charge < -0.3 is 0 Å². The molecule has 0 saturated carbocycles. The minimum atomic E-state index is -3.63. The molecular formula is C11H10BrN3O2S. The average molecular weight is 328 g/mol. The molecular weight excluding hydrogens is 318 g/mol. The lowest BCUT2D eigenvalue weighted by atomic mass is 10.2. The van der Waals surface area contributed by atoms with E-state index in [4.69, 9.17) is 0 Å². The van der Waals surface area contributed by atoms with Crippen LogP contribution in [0.1, 0.15) is 5.56 Å². The van der Waals surface area contributed by atoms with Crippen LogP contribution in [0.4, 0.5) is 5.69 Å². The fourth-order valence-corrected chi connectivity index (χ4v) is 3.24. The highest BCUT2D eigenvalue weighted by molar-refractivity contribution is 9.10. The summed E-state index contributed by atoms with van der Waals surface area (Å²) >= 11 is 3.26. The van der Waals surface area contributed by atoms with E-state index < -0.39 is 10.0 Å². The molecule has 1 N–H and O–H groups in total. The van der Waals surface area contributed by atoms with Gasteiger partial charge in [-0.3, -0.25) is 4.72 Å². The molecule has 0 atom stereocenters. The molecule has 0 unspecified atom stereocenters. The summed E-state index contributed by atoms with van der Waals surface area (Å²) in [6.07, 6.45) is 4.14. The maximum Gasteiger partial charge on any atom is 0.262 e. The lowest BCUT2D eigenvalue weighted by Gasteiger charge is -2.10. The molecule has 1 heterocycles. The van der Waals surface area contributed by atoms with Crippen molar-refractivity contribution in [2.75, 3.05) is 4.72 Å². The minimum absolute atomic E-state index is 0.223. The van der Waals surface area contributed by atoms with Crippen LogP contribution >= 0.6 is 15.9 Å². The second-order valence-corrected chi connectivity index (χ2v) is 6.21. The topological polar surface area (TPSA) is 72.0 Å². The lowest BCUT2D eigenvalue weighted by Crippen LogP contribution is -2.14. The van der Waals surface area contributed by atoms with Gasteiger partial charge in [-0.05, 0) is 24.6 Å². The summed E-state index contributed by atoms with van der Waals surface area (Å²) in [5.41, 5.74) is 0.999. The van der Waals surface area contributed by atoms with Crippen molar-refractivity contribution in [1.82, 2.24) is 9.97 Å². The molecule has 1 aromatic carbocycles. The summed E-state index contributed by atoms with van der Waals surface area (Å²) in [5, 5.41) is 0. The van der Waals surface area contributed by atoms with Crippen molar-refractivity contribution in [2.24, 2.45) is 0 Å². The summed E-state index contributed by atoms with van der Waals surface area (Å²) in [5.74, 6) is 0. The standard InChI is InChI=1S/C11H10BrN3O2S/c1-8-2-3-9(12)4-11(8)18(16,17)15-10-5-13-7-14-6-10/h2-7,15H,1H3. The number of nitrogens with one attached hydrogen (secondary N) is 1. The number of nitrogens with zero attached hydrogens (tertiary/aromatic N) is 2. The predicted octanol–water partition coefficient (Wildman–Crippen LogP) is 2.35. The van der Waals surface area contributed by atoms with E-state index in [1.807, 2.05) is 0 Å². The molecule has 0 bridgehead atoms. The molecule has 0 aliphatic rings. The first kappa shape index (κ1) is 13.0. The highest BCUT2D eigenvalue weighted by atomic mass is 79.9. The molecule has 0 amide bonds. The Labute approximate surface area is 113 Å². The zero-order chi connectivity index (χ0) is 13.2. The number of sulfonamides is 1. The summed E-state index contributed by atoms with van der Waals surface area (Å²) in [6, 6.07) is 5.08. The largest absolute Gasteiger partial charge is 0.276 e. The lowest BCUT2D eigenvalue weighted by molar-refractivity contribution is 0.600. The van der Waals surface area contributed by atoms with Crippen LogP contribution < -0.4 is 4.72 Å². The molecule has 2 aromatic rings. The smallest absolute Gasteiger partial charge is 0.262 e. The molecule has 0 aliphatic heterocycles. The van der Waals surface area contributed by atoms with Crippen LogP contribution in [0.15, 0.2) is 46.3 Å².